The molecule has 164 valence electrons. The largest absolute Gasteiger partial charge is 0.477 e. The molecule has 0 saturated carbocycles. The number of Topliss-reactive ketones (excluding diaryl/α,β-unsaturated/α-hetero) is 1. The van der Waals surface area contributed by atoms with Crippen LogP contribution in [0.25, 0.3) is 0 Å². The van der Waals surface area contributed by atoms with Crippen molar-refractivity contribution in [1.82, 2.24) is 9.80 Å². The van der Waals surface area contributed by atoms with Crippen LogP contribution in [0, 0.1) is 5.92 Å². The Hall–Kier alpha value is -1.81. The van der Waals surface area contributed by atoms with Crippen LogP contribution in [0.2, 0.25) is 0 Å². The van der Waals surface area contributed by atoms with Crippen LogP contribution in [0.1, 0.15) is 35.7 Å². The fraction of sp³-hybridized carbons (Fsp3) is 0.500. The highest BCUT2D eigenvalue weighted by Crippen LogP contribution is 2.55. The minimum Gasteiger partial charge on any atom is -0.477 e. The average Bonchev–Trinajstić information content (AvgIpc) is 3.43. The van der Waals surface area contributed by atoms with Crippen LogP contribution < -0.4 is 0 Å². The third-order valence-electron chi connectivity index (χ3n) is 6.67. The molecule has 31 heavy (non-hydrogen) atoms. The highest BCUT2D eigenvalue weighted by atomic mass is 32.2. The van der Waals surface area contributed by atoms with Crippen molar-refractivity contribution in [2.45, 2.75) is 49.0 Å². The monoisotopic (exact) mass is 460 g/mol. The molecule has 3 heterocycles. The Kier molecular flexibility index (Phi) is 5.40. The van der Waals surface area contributed by atoms with Crippen molar-refractivity contribution < 1.29 is 24.6 Å². The van der Waals surface area contributed by atoms with Gasteiger partial charge >= 0.3 is 5.97 Å². The Balaban J connectivity index is 1.28. The highest BCUT2D eigenvalue weighted by molar-refractivity contribution is 8.23. The molecule has 5 atom stereocenters. The summed E-state index contributed by atoms with van der Waals surface area (Å²) in [6.07, 6.45) is 1.30. The van der Waals surface area contributed by atoms with Gasteiger partial charge in [-0.1, -0.05) is 43.0 Å². The normalized spacial score (nSPS) is 31.1. The zero-order valence-corrected chi connectivity index (χ0v) is 18.7. The van der Waals surface area contributed by atoms with E-state index >= 15 is 0 Å². The smallest absolute Gasteiger partial charge is 0.354 e. The first-order chi connectivity index (χ1) is 14.9. The van der Waals surface area contributed by atoms with E-state index in [0.717, 1.165) is 30.5 Å². The molecule has 2 fully saturated rings. The number of hydrogen-bond acceptors (Lipinski definition) is 7. The lowest BCUT2D eigenvalue weighted by atomic mass is 9.90. The van der Waals surface area contributed by atoms with Crippen molar-refractivity contribution in [2.24, 2.45) is 5.92 Å². The molecule has 1 aromatic rings. The molecule has 4 aliphatic rings. The zero-order chi connectivity index (χ0) is 21.9. The Bertz CT molecular complexity index is 996. The number of carbonyl (C=O) groups is 3. The van der Waals surface area contributed by atoms with Crippen molar-refractivity contribution in [3.05, 3.63) is 45.3 Å². The molecule has 0 aromatic heterocycles. The standard InChI is InChI=1S/C22H24N2O5S2/c1-2-15(25)16-19(27)24-17(21(28)29)22(31-20(16)24)30-12-7-8-23(10-12)14-9-11-5-3-4-6-13(11)18(14)26/h3-6,12,14-16,20,25H,2,7-10H2,1H3,(H,28,29)/t12-,14?,15-,16+,20+/m0/s1. The predicted octanol–water partition coefficient (Wildman–Crippen LogP) is 2.16. The number of aliphatic hydroxyl groups is 1. The molecule has 1 aliphatic carbocycles. The maximum atomic E-state index is 12.8. The number of amides is 1. The van der Waals surface area contributed by atoms with Gasteiger partial charge in [0.25, 0.3) is 0 Å². The van der Waals surface area contributed by atoms with Crippen molar-refractivity contribution in [3.8, 4) is 0 Å². The number of aliphatic carboxylic acids is 1. The van der Waals surface area contributed by atoms with Crippen LogP contribution in [0.15, 0.2) is 34.2 Å². The maximum absolute atomic E-state index is 12.8. The third-order valence-corrected chi connectivity index (χ3v) is 9.53. The Labute approximate surface area is 188 Å². The van der Waals surface area contributed by atoms with E-state index in [1.165, 1.54) is 28.4 Å². The van der Waals surface area contributed by atoms with Crippen LogP contribution in [0.3, 0.4) is 0 Å². The number of carboxylic acid groups (broad SMARTS) is 1. The molecule has 3 aliphatic heterocycles. The zero-order valence-electron chi connectivity index (χ0n) is 17.1. The van der Waals surface area contributed by atoms with E-state index in [1.54, 1.807) is 0 Å². The number of thioether (sulfide) groups is 2. The molecule has 0 bridgehead atoms. The summed E-state index contributed by atoms with van der Waals surface area (Å²) in [7, 11) is 0. The summed E-state index contributed by atoms with van der Waals surface area (Å²) in [4.78, 5) is 40.8. The summed E-state index contributed by atoms with van der Waals surface area (Å²) in [5.74, 6) is -1.78. The van der Waals surface area contributed by atoms with Gasteiger partial charge < -0.3 is 10.2 Å². The highest BCUT2D eigenvalue weighted by Gasteiger charge is 2.58. The third kappa shape index (κ3) is 3.33. The van der Waals surface area contributed by atoms with Gasteiger partial charge in [0.15, 0.2) is 11.5 Å². The van der Waals surface area contributed by atoms with Gasteiger partial charge in [-0.15, -0.1) is 11.8 Å². The van der Waals surface area contributed by atoms with Crippen LogP contribution in [-0.2, 0) is 16.0 Å². The number of likely N-dealkylation sites (tertiary alicyclic amines) is 1. The summed E-state index contributed by atoms with van der Waals surface area (Å²) >= 11 is 2.89. The van der Waals surface area contributed by atoms with Gasteiger partial charge in [-0.05, 0) is 24.8 Å². The predicted molar refractivity (Wildman–Crippen MR) is 119 cm³/mol. The van der Waals surface area contributed by atoms with Gasteiger partial charge in [-0.25, -0.2) is 4.79 Å². The minimum absolute atomic E-state index is 0.0485. The number of fused-ring (bicyclic) bond motifs is 2. The fourth-order valence-electron chi connectivity index (χ4n) is 4.99. The minimum atomic E-state index is -1.11. The second-order valence-corrected chi connectivity index (χ2v) is 11.1. The lowest BCUT2D eigenvalue weighted by Gasteiger charge is -2.44. The summed E-state index contributed by atoms with van der Waals surface area (Å²) in [5, 5.41) is 19.7. The van der Waals surface area contributed by atoms with Gasteiger partial charge in [0.05, 0.1) is 22.3 Å². The van der Waals surface area contributed by atoms with E-state index in [-0.39, 0.29) is 34.1 Å². The Morgan fingerprint density at radius 2 is 2.10 bits per heavy atom. The average molecular weight is 461 g/mol. The number of ketones is 1. The quantitative estimate of drug-likeness (QED) is 0.624. The van der Waals surface area contributed by atoms with Crippen LogP contribution in [0.4, 0.5) is 0 Å². The van der Waals surface area contributed by atoms with Gasteiger partial charge in [-0.3, -0.25) is 19.4 Å². The number of carbonyl (C=O) groups excluding carboxylic acids is 2. The first-order valence-corrected chi connectivity index (χ1v) is 12.3. The Morgan fingerprint density at radius 3 is 2.81 bits per heavy atom. The number of carboxylic acids is 1. The van der Waals surface area contributed by atoms with Crippen LogP contribution in [-0.4, -0.2) is 73.5 Å². The fourth-order valence-corrected chi connectivity index (χ4v) is 8.29. The van der Waals surface area contributed by atoms with Gasteiger partial charge in [0.1, 0.15) is 5.37 Å². The summed E-state index contributed by atoms with van der Waals surface area (Å²) in [5.41, 5.74) is 1.96. The number of β-lactam (4-membered cyclic amide) rings is 1. The molecule has 1 aromatic carbocycles. The number of aliphatic hydroxyl groups excluding tert-OH is 1. The molecule has 5 rings (SSSR count). The SMILES string of the molecule is CC[C@H](O)[C@@H]1C(=O)N2C(C(=O)O)=C(S[C@H]3CCN(C4Cc5ccccc5C4=O)C3)S[C@H]12. The van der Waals surface area contributed by atoms with Gasteiger partial charge in [-0.2, -0.15) is 0 Å². The number of rotatable bonds is 6. The number of hydrogen-bond donors (Lipinski definition) is 2. The van der Waals surface area contributed by atoms with E-state index in [1.807, 2.05) is 31.2 Å². The number of nitrogens with zero attached hydrogens (tertiary/aromatic N) is 2. The second-order valence-electron chi connectivity index (χ2n) is 8.42. The molecule has 1 amide bonds. The molecule has 2 N–H and O–H groups in total. The maximum Gasteiger partial charge on any atom is 0.354 e. The molecule has 0 spiro atoms. The molecule has 0 radical (unpaired) electrons. The van der Waals surface area contributed by atoms with E-state index < -0.39 is 18.0 Å². The lowest BCUT2D eigenvalue weighted by Crippen LogP contribution is -2.61. The van der Waals surface area contributed by atoms with E-state index in [9.17, 15) is 24.6 Å². The summed E-state index contributed by atoms with van der Waals surface area (Å²) in [6, 6.07) is 7.62. The lowest BCUT2D eigenvalue weighted by molar-refractivity contribution is -0.157. The molecule has 9 heteroatoms. The van der Waals surface area contributed by atoms with Gasteiger partial charge in [0, 0.05) is 23.9 Å². The van der Waals surface area contributed by atoms with Crippen molar-refractivity contribution in [3.63, 3.8) is 0 Å². The summed E-state index contributed by atoms with van der Waals surface area (Å²) < 4.78 is 0.643. The van der Waals surface area contributed by atoms with Crippen LogP contribution >= 0.6 is 23.5 Å². The molecular formula is C22H24N2O5S2. The summed E-state index contributed by atoms with van der Waals surface area (Å²) in [6.45, 7) is 3.33. The molecule has 1 unspecified atom stereocenters. The van der Waals surface area contributed by atoms with Gasteiger partial charge in [0.2, 0.25) is 5.91 Å². The van der Waals surface area contributed by atoms with Crippen LogP contribution in [0.5, 0.6) is 0 Å². The van der Waals surface area contributed by atoms with E-state index in [2.05, 4.69) is 4.90 Å². The van der Waals surface area contributed by atoms with Crippen molar-refractivity contribution in [2.75, 3.05) is 13.1 Å². The first-order valence-electron chi connectivity index (χ1n) is 10.6. The molecule has 2 saturated heterocycles. The topological polar surface area (TPSA) is 98.2 Å². The molecular weight excluding hydrogens is 436 g/mol. The van der Waals surface area contributed by atoms with E-state index in [4.69, 9.17) is 0 Å². The molecule has 7 nitrogen and oxygen atoms in total. The van der Waals surface area contributed by atoms with Crippen molar-refractivity contribution in [1.29, 1.82) is 0 Å². The van der Waals surface area contributed by atoms with Crippen molar-refractivity contribution >= 4 is 41.2 Å². The Morgan fingerprint density at radius 1 is 1.32 bits per heavy atom. The first kappa shape index (κ1) is 21.1. The number of benzene rings is 1. The van der Waals surface area contributed by atoms with E-state index in [0.29, 0.717) is 17.2 Å². The second kappa shape index (κ2) is 7.95.